The lowest BCUT2D eigenvalue weighted by Gasteiger charge is -2.05. The second-order valence-electron chi connectivity index (χ2n) is 4.38. The van der Waals surface area contributed by atoms with Crippen molar-refractivity contribution in [2.24, 2.45) is 5.92 Å². The number of carbonyl (C=O) groups excluding carboxylic acids is 1. The highest BCUT2D eigenvalue weighted by Gasteiger charge is 2.09. The van der Waals surface area contributed by atoms with Crippen LogP contribution in [-0.4, -0.2) is 5.78 Å². The maximum atomic E-state index is 13.4. The van der Waals surface area contributed by atoms with Crippen LogP contribution in [0.3, 0.4) is 0 Å². The van der Waals surface area contributed by atoms with Crippen LogP contribution in [0.5, 0.6) is 0 Å². The van der Waals surface area contributed by atoms with E-state index in [9.17, 15) is 9.18 Å². The topological polar surface area (TPSA) is 17.1 Å². The zero-order valence-electron chi connectivity index (χ0n) is 9.59. The smallest absolute Gasteiger partial charge is 0.137 e. The normalized spacial score (nSPS) is 10.8. The van der Waals surface area contributed by atoms with E-state index in [4.69, 9.17) is 0 Å². The van der Waals surface area contributed by atoms with Crippen molar-refractivity contribution in [3.63, 3.8) is 0 Å². The fourth-order valence-electron chi connectivity index (χ4n) is 1.42. The predicted octanol–water partition coefficient (Wildman–Crippen LogP) is 4.14. The molecular formula is C13H16BrFO. The van der Waals surface area contributed by atoms with Crippen molar-refractivity contribution >= 4 is 21.7 Å². The summed E-state index contributed by atoms with van der Waals surface area (Å²) in [4.78, 5) is 11.6. The number of hydrogen-bond donors (Lipinski definition) is 0. The van der Waals surface area contributed by atoms with Crippen molar-refractivity contribution < 1.29 is 9.18 Å². The molecule has 0 spiro atoms. The molecule has 0 saturated heterocycles. The van der Waals surface area contributed by atoms with Crippen LogP contribution in [0.2, 0.25) is 0 Å². The molecule has 0 saturated carbocycles. The minimum Gasteiger partial charge on any atom is -0.299 e. The first-order valence-corrected chi connectivity index (χ1v) is 6.24. The Morgan fingerprint density at radius 2 is 2.12 bits per heavy atom. The Kier molecular flexibility index (Phi) is 5.13. The maximum absolute atomic E-state index is 13.4. The van der Waals surface area contributed by atoms with Crippen LogP contribution in [0.4, 0.5) is 4.39 Å². The highest BCUT2D eigenvalue weighted by molar-refractivity contribution is 9.10. The Morgan fingerprint density at radius 3 is 2.69 bits per heavy atom. The molecule has 0 bridgehead atoms. The van der Waals surface area contributed by atoms with Gasteiger partial charge in [0.1, 0.15) is 11.6 Å². The molecule has 0 aliphatic heterocycles. The van der Waals surface area contributed by atoms with Crippen molar-refractivity contribution in [1.82, 2.24) is 0 Å². The molecular weight excluding hydrogens is 271 g/mol. The van der Waals surface area contributed by atoms with Gasteiger partial charge in [0, 0.05) is 17.3 Å². The third-order valence-corrected chi connectivity index (χ3v) is 2.90. The van der Waals surface area contributed by atoms with Crippen LogP contribution in [0.25, 0.3) is 0 Å². The number of hydrogen-bond acceptors (Lipinski definition) is 1. The summed E-state index contributed by atoms with van der Waals surface area (Å²) in [6, 6.07) is 4.81. The summed E-state index contributed by atoms with van der Waals surface area (Å²) in [6.07, 6.45) is 1.61. The van der Waals surface area contributed by atoms with E-state index in [1.165, 1.54) is 6.07 Å². The van der Waals surface area contributed by atoms with Crippen LogP contribution in [0.1, 0.15) is 32.3 Å². The highest BCUT2D eigenvalue weighted by atomic mass is 79.9. The zero-order chi connectivity index (χ0) is 12.1. The summed E-state index contributed by atoms with van der Waals surface area (Å²) in [5.74, 6) is 0.306. The molecule has 1 aromatic rings. The SMILES string of the molecule is CC(C)CCC(=O)Cc1ccc(Br)cc1F. The molecule has 88 valence electrons. The first kappa shape index (κ1) is 13.4. The summed E-state index contributed by atoms with van der Waals surface area (Å²) in [5, 5.41) is 0. The molecule has 3 heteroatoms. The third-order valence-electron chi connectivity index (χ3n) is 2.40. The monoisotopic (exact) mass is 286 g/mol. The van der Waals surface area contributed by atoms with E-state index in [0.29, 0.717) is 22.4 Å². The number of Topliss-reactive ketones (excluding diaryl/α,β-unsaturated/α-hetero) is 1. The van der Waals surface area contributed by atoms with Gasteiger partial charge in [-0.3, -0.25) is 4.79 Å². The molecule has 0 N–H and O–H groups in total. The third kappa shape index (κ3) is 4.44. The molecule has 0 amide bonds. The maximum Gasteiger partial charge on any atom is 0.137 e. The second-order valence-corrected chi connectivity index (χ2v) is 5.30. The molecule has 1 rings (SSSR count). The molecule has 16 heavy (non-hydrogen) atoms. The van der Waals surface area contributed by atoms with Gasteiger partial charge in [-0.05, 0) is 30.0 Å². The number of benzene rings is 1. The number of ketones is 1. The van der Waals surface area contributed by atoms with Gasteiger partial charge in [0.15, 0.2) is 0 Å². The number of carbonyl (C=O) groups is 1. The lowest BCUT2D eigenvalue weighted by atomic mass is 10.0. The fourth-order valence-corrected chi connectivity index (χ4v) is 1.75. The van der Waals surface area contributed by atoms with E-state index in [1.807, 2.05) is 0 Å². The van der Waals surface area contributed by atoms with E-state index >= 15 is 0 Å². The van der Waals surface area contributed by atoms with Crippen molar-refractivity contribution in [2.75, 3.05) is 0 Å². The first-order chi connectivity index (χ1) is 7.49. The van der Waals surface area contributed by atoms with Gasteiger partial charge in [0.2, 0.25) is 0 Å². The molecule has 0 heterocycles. The highest BCUT2D eigenvalue weighted by Crippen LogP contribution is 2.16. The molecule has 1 aromatic carbocycles. The van der Waals surface area contributed by atoms with Crippen molar-refractivity contribution in [1.29, 1.82) is 0 Å². The minimum absolute atomic E-state index is 0.106. The van der Waals surface area contributed by atoms with Gasteiger partial charge < -0.3 is 0 Å². The van der Waals surface area contributed by atoms with E-state index < -0.39 is 0 Å². The molecule has 0 unspecified atom stereocenters. The van der Waals surface area contributed by atoms with E-state index in [2.05, 4.69) is 29.8 Å². The van der Waals surface area contributed by atoms with E-state index in [1.54, 1.807) is 12.1 Å². The molecule has 0 radical (unpaired) electrons. The fraction of sp³-hybridized carbons (Fsp3) is 0.462. The molecule has 1 nitrogen and oxygen atoms in total. The largest absolute Gasteiger partial charge is 0.299 e. The first-order valence-electron chi connectivity index (χ1n) is 5.44. The quantitative estimate of drug-likeness (QED) is 0.795. The Balaban J connectivity index is 2.56. The Bertz CT molecular complexity index is 374. The van der Waals surface area contributed by atoms with Gasteiger partial charge >= 0.3 is 0 Å². The van der Waals surface area contributed by atoms with Crippen LogP contribution < -0.4 is 0 Å². The summed E-state index contributed by atoms with van der Waals surface area (Å²) in [6.45, 7) is 4.15. The standard InChI is InChI=1S/C13H16BrFO/c1-9(2)3-6-12(16)7-10-4-5-11(14)8-13(10)15/h4-5,8-9H,3,6-7H2,1-2H3. The summed E-state index contributed by atoms with van der Waals surface area (Å²) >= 11 is 3.19. The summed E-state index contributed by atoms with van der Waals surface area (Å²) in [5.41, 5.74) is 0.483. The van der Waals surface area contributed by atoms with Gasteiger partial charge in [0.25, 0.3) is 0 Å². The molecule has 0 aromatic heterocycles. The van der Waals surface area contributed by atoms with Crippen LogP contribution >= 0.6 is 15.9 Å². The van der Waals surface area contributed by atoms with Gasteiger partial charge in [-0.25, -0.2) is 4.39 Å². The lowest BCUT2D eigenvalue weighted by molar-refractivity contribution is -0.118. The van der Waals surface area contributed by atoms with E-state index in [0.717, 1.165) is 6.42 Å². The lowest BCUT2D eigenvalue weighted by Crippen LogP contribution is -2.05. The Morgan fingerprint density at radius 1 is 1.44 bits per heavy atom. The van der Waals surface area contributed by atoms with Crippen molar-refractivity contribution in [3.8, 4) is 0 Å². The molecule has 0 fully saturated rings. The van der Waals surface area contributed by atoms with Gasteiger partial charge in [-0.15, -0.1) is 0 Å². The Hall–Kier alpha value is -0.700. The average Bonchev–Trinajstić information content (AvgIpc) is 2.19. The van der Waals surface area contributed by atoms with Gasteiger partial charge in [-0.2, -0.15) is 0 Å². The summed E-state index contributed by atoms with van der Waals surface area (Å²) in [7, 11) is 0. The predicted molar refractivity (Wildman–Crippen MR) is 66.9 cm³/mol. The van der Waals surface area contributed by atoms with Crippen LogP contribution in [0.15, 0.2) is 22.7 Å². The minimum atomic E-state index is -0.313. The zero-order valence-corrected chi connectivity index (χ0v) is 11.2. The average molecular weight is 287 g/mol. The number of rotatable bonds is 5. The van der Waals surface area contributed by atoms with Crippen LogP contribution in [-0.2, 0) is 11.2 Å². The van der Waals surface area contributed by atoms with Crippen molar-refractivity contribution in [2.45, 2.75) is 33.1 Å². The van der Waals surface area contributed by atoms with Crippen LogP contribution in [0, 0.1) is 11.7 Å². The second kappa shape index (κ2) is 6.14. The Labute approximate surface area is 104 Å². The number of halogens is 2. The van der Waals surface area contributed by atoms with Gasteiger partial charge in [0.05, 0.1) is 0 Å². The van der Waals surface area contributed by atoms with Gasteiger partial charge in [-0.1, -0.05) is 35.8 Å². The van der Waals surface area contributed by atoms with Crippen molar-refractivity contribution in [3.05, 3.63) is 34.1 Å². The molecule has 0 aliphatic carbocycles. The molecule has 0 aliphatic rings. The molecule has 0 atom stereocenters. The van der Waals surface area contributed by atoms with E-state index in [-0.39, 0.29) is 18.0 Å². The summed E-state index contributed by atoms with van der Waals surface area (Å²) < 4.78 is 14.1.